The summed E-state index contributed by atoms with van der Waals surface area (Å²) in [5, 5.41) is 0. The normalized spacial score (nSPS) is 17.9. The molecule has 1 fully saturated rings. The predicted octanol–water partition coefficient (Wildman–Crippen LogP) is 2.34. The molecule has 0 spiro atoms. The molecule has 0 radical (unpaired) electrons. The minimum atomic E-state index is -4.36. The quantitative estimate of drug-likeness (QED) is 0.761. The summed E-state index contributed by atoms with van der Waals surface area (Å²) in [5.41, 5.74) is -1.58. The van der Waals surface area contributed by atoms with Crippen molar-refractivity contribution in [3.8, 4) is 5.75 Å². The number of methoxy groups -OCH3 is 1. The molecule has 8 nitrogen and oxygen atoms in total. The van der Waals surface area contributed by atoms with Crippen molar-refractivity contribution in [2.45, 2.75) is 18.7 Å². The summed E-state index contributed by atoms with van der Waals surface area (Å²) in [6, 6.07) is 8.70. The van der Waals surface area contributed by atoms with Crippen molar-refractivity contribution in [1.82, 2.24) is 0 Å². The van der Waals surface area contributed by atoms with Crippen LogP contribution in [0, 0.1) is 11.2 Å². The Labute approximate surface area is 168 Å². The van der Waals surface area contributed by atoms with Crippen LogP contribution < -0.4 is 13.8 Å². The lowest BCUT2D eigenvalue weighted by molar-refractivity contribution is -0.123. The van der Waals surface area contributed by atoms with Crippen molar-refractivity contribution in [3.05, 3.63) is 48.3 Å². The number of sulfonamides is 2. The molecule has 2 aromatic carbocycles. The van der Waals surface area contributed by atoms with Gasteiger partial charge in [0, 0.05) is 0 Å². The highest BCUT2D eigenvalue weighted by atomic mass is 32.2. The molecule has 0 bridgehead atoms. The SMILES string of the molecule is COc1ccc(N2C(=O)C(C)(C)CS2(=O)=O)cc1S(=O)(=O)Nc1ccccc1F. The first-order chi connectivity index (χ1) is 13.4. The van der Waals surface area contributed by atoms with Crippen LogP contribution >= 0.6 is 0 Å². The van der Waals surface area contributed by atoms with Crippen molar-refractivity contribution in [1.29, 1.82) is 0 Å². The van der Waals surface area contributed by atoms with Gasteiger partial charge < -0.3 is 4.74 Å². The average molecular weight is 442 g/mol. The number of para-hydroxylation sites is 1. The van der Waals surface area contributed by atoms with Gasteiger partial charge in [0.2, 0.25) is 15.9 Å². The Balaban J connectivity index is 2.11. The molecule has 3 rings (SSSR count). The van der Waals surface area contributed by atoms with Crippen molar-refractivity contribution in [2.24, 2.45) is 5.41 Å². The molecule has 11 heteroatoms. The van der Waals surface area contributed by atoms with Gasteiger partial charge in [0.25, 0.3) is 10.0 Å². The molecule has 0 saturated carbocycles. The van der Waals surface area contributed by atoms with E-state index in [9.17, 15) is 26.0 Å². The maximum Gasteiger partial charge on any atom is 0.265 e. The van der Waals surface area contributed by atoms with E-state index in [2.05, 4.69) is 4.72 Å². The fourth-order valence-electron chi connectivity index (χ4n) is 3.01. The Hall–Kier alpha value is -2.66. The van der Waals surface area contributed by atoms with Gasteiger partial charge in [-0.15, -0.1) is 0 Å². The molecule has 1 amide bonds. The van der Waals surface area contributed by atoms with Crippen LogP contribution in [0.15, 0.2) is 47.4 Å². The smallest absolute Gasteiger partial charge is 0.265 e. The Morgan fingerprint density at radius 1 is 1.17 bits per heavy atom. The summed E-state index contributed by atoms with van der Waals surface area (Å²) in [5.74, 6) is -1.96. The summed E-state index contributed by atoms with van der Waals surface area (Å²) in [6.45, 7) is 2.99. The molecule has 0 aromatic heterocycles. The minimum absolute atomic E-state index is 0.0964. The third-order valence-corrected chi connectivity index (χ3v) is 7.78. The lowest BCUT2D eigenvalue weighted by Gasteiger charge is -2.19. The van der Waals surface area contributed by atoms with E-state index in [0.29, 0.717) is 4.31 Å². The Bertz CT molecular complexity index is 1190. The Kier molecular flexibility index (Phi) is 5.08. The van der Waals surface area contributed by atoms with E-state index >= 15 is 0 Å². The first-order valence-corrected chi connectivity index (χ1v) is 11.5. The van der Waals surface area contributed by atoms with Gasteiger partial charge >= 0.3 is 0 Å². The number of carbonyl (C=O) groups is 1. The summed E-state index contributed by atoms with van der Waals surface area (Å²) in [4.78, 5) is 12.2. The molecule has 1 heterocycles. The maximum atomic E-state index is 13.9. The number of hydrogen-bond donors (Lipinski definition) is 1. The molecule has 0 unspecified atom stereocenters. The predicted molar refractivity (Wildman–Crippen MR) is 105 cm³/mol. The summed E-state index contributed by atoms with van der Waals surface area (Å²) >= 11 is 0. The zero-order valence-corrected chi connectivity index (χ0v) is 17.5. The van der Waals surface area contributed by atoms with Gasteiger partial charge in [-0.1, -0.05) is 12.1 Å². The molecule has 1 saturated heterocycles. The second-order valence-electron chi connectivity index (χ2n) is 7.13. The van der Waals surface area contributed by atoms with E-state index in [0.717, 1.165) is 12.1 Å². The van der Waals surface area contributed by atoms with Crippen LogP contribution in [0.25, 0.3) is 0 Å². The second-order valence-corrected chi connectivity index (χ2v) is 10.6. The van der Waals surface area contributed by atoms with E-state index in [4.69, 9.17) is 4.74 Å². The zero-order chi connectivity index (χ0) is 21.6. The minimum Gasteiger partial charge on any atom is -0.495 e. The number of carbonyl (C=O) groups excluding carboxylic acids is 1. The molecule has 1 aliphatic heterocycles. The third kappa shape index (κ3) is 3.79. The number of nitrogens with zero attached hydrogens (tertiary/aromatic N) is 1. The summed E-state index contributed by atoms with van der Waals surface area (Å²) in [6.07, 6.45) is 0. The van der Waals surface area contributed by atoms with Crippen LogP contribution in [0.3, 0.4) is 0 Å². The summed E-state index contributed by atoms with van der Waals surface area (Å²) < 4.78 is 72.4. The van der Waals surface area contributed by atoms with Crippen LogP contribution in [-0.4, -0.2) is 35.6 Å². The lowest BCUT2D eigenvalue weighted by atomic mass is 9.95. The van der Waals surface area contributed by atoms with E-state index < -0.39 is 47.8 Å². The van der Waals surface area contributed by atoms with Gasteiger partial charge in [0.1, 0.15) is 16.5 Å². The standard InChI is InChI=1S/C18H19FN2O6S2/c1-18(2)11-28(23,24)21(17(18)22)12-8-9-15(27-3)16(10-12)29(25,26)20-14-7-5-4-6-13(14)19/h4-10,20H,11H2,1-3H3. The number of halogens is 1. The molecule has 156 valence electrons. The van der Waals surface area contributed by atoms with Crippen LogP contribution in [0.1, 0.15) is 13.8 Å². The average Bonchev–Trinajstić information content (AvgIpc) is 2.79. The van der Waals surface area contributed by atoms with Crippen LogP contribution in [0.5, 0.6) is 5.75 Å². The van der Waals surface area contributed by atoms with Crippen molar-refractivity contribution >= 4 is 37.3 Å². The van der Waals surface area contributed by atoms with Gasteiger partial charge in [0.15, 0.2) is 0 Å². The molecule has 1 aliphatic rings. The number of ether oxygens (including phenoxy) is 1. The molecule has 1 N–H and O–H groups in total. The highest BCUT2D eigenvalue weighted by Gasteiger charge is 2.50. The number of hydrogen-bond acceptors (Lipinski definition) is 6. The number of anilines is 2. The molecule has 0 atom stereocenters. The first-order valence-electron chi connectivity index (χ1n) is 8.42. The highest BCUT2D eigenvalue weighted by molar-refractivity contribution is 7.94. The van der Waals surface area contributed by atoms with Crippen LogP contribution in [-0.2, 0) is 24.8 Å². The van der Waals surface area contributed by atoms with Gasteiger partial charge in [-0.3, -0.25) is 9.52 Å². The third-order valence-electron chi connectivity index (χ3n) is 4.37. The number of nitrogens with one attached hydrogen (secondary N) is 1. The largest absolute Gasteiger partial charge is 0.495 e. The van der Waals surface area contributed by atoms with Crippen LogP contribution in [0.2, 0.25) is 0 Å². The zero-order valence-electron chi connectivity index (χ0n) is 15.8. The molecular weight excluding hydrogens is 423 g/mol. The van der Waals surface area contributed by atoms with E-state index in [1.165, 1.54) is 51.3 Å². The van der Waals surface area contributed by atoms with E-state index in [1.54, 1.807) is 0 Å². The Morgan fingerprint density at radius 2 is 1.83 bits per heavy atom. The topological polar surface area (TPSA) is 110 Å². The number of amides is 1. The molecule has 2 aromatic rings. The molecular formula is C18H19FN2O6S2. The number of benzene rings is 2. The monoisotopic (exact) mass is 442 g/mol. The van der Waals surface area contributed by atoms with Gasteiger partial charge in [-0.25, -0.2) is 25.5 Å². The first kappa shape index (κ1) is 21.1. The van der Waals surface area contributed by atoms with E-state index in [1.807, 2.05) is 0 Å². The van der Waals surface area contributed by atoms with Crippen molar-refractivity contribution < 1.29 is 30.8 Å². The highest BCUT2D eigenvalue weighted by Crippen LogP contribution is 2.38. The summed E-state index contributed by atoms with van der Waals surface area (Å²) in [7, 11) is -7.10. The molecule has 29 heavy (non-hydrogen) atoms. The Morgan fingerprint density at radius 3 is 2.38 bits per heavy atom. The maximum absolute atomic E-state index is 13.9. The lowest BCUT2D eigenvalue weighted by Crippen LogP contribution is -2.33. The molecule has 0 aliphatic carbocycles. The van der Waals surface area contributed by atoms with Gasteiger partial charge in [-0.05, 0) is 44.2 Å². The van der Waals surface area contributed by atoms with Gasteiger partial charge in [-0.2, -0.15) is 0 Å². The fraction of sp³-hybridized carbons (Fsp3) is 0.278. The van der Waals surface area contributed by atoms with Crippen LogP contribution in [0.4, 0.5) is 15.8 Å². The second kappa shape index (κ2) is 6.99. The van der Waals surface area contributed by atoms with E-state index in [-0.39, 0.29) is 17.1 Å². The van der Waals surface area contributed by atoms with Crippen molar-refractivity contribution in [2.75, 3.05) is 21.9 Å². The van der Waals surface area contributed by atoms with Gasteiger partial charge in [0.05, 0.1) is 29.7 Å². The fourth-order valence-corrected chi connectivity index (χ4v) is 6.36. The van der Waals surface area contributed by atoms with Crippen molar-refractivity contribution in [3.63, 3.8) is 0 Å². The number of rotatable bonds is 5.